The Morgan fingerprint density at radius 2 is 1.81 bits per heavy atom. The van der Waals surface area contributed by atoms with Crippen LogP contribution in [-0.4, -0.2) is 36.1 Å². The minimum absolute atomic E-state index is 0.277. The van der Waals surface area contributed by atoms with Gasteiger partial charge in [0.05, 0.1) is 24.9 Å². The highest BCUT2D eigenvalue weighted by Crippen LogP contribution is 2.36. The lowest BCUT2D eigenvalue weighted by atomic mass is 10.2. The molecule has 2 aromatic rings. The number of halogens is 1. The van der Waals surface area contributed by atoms with Gasteiger partial charge in [-0.05, 0) is 25.8 Å². The van der Waals surface area contributed by atoms with Crippen molar-refractivity contribution in [1.29, 1.82) is 0 Å². The van der Waals surface area contributed by atoms with Crippen molar-refractivity contribution in [2.24, 2.45) is 0 Å². The van der Waals surface area contributed by atoms with Gasteiger partial charge >= 0.3 is 0 Å². The van der Waals surface area contributed by atoms with Crippen LogP contribution in [0.3, 0.4) is 0 Å². The lowest BCUT2D eigenvalue weighted by Gasteiger charge is -2.15. The fourth-order valence-electron chi connectivity index (χ4n) is 3.15. The molecule has 0 radical (unpaired) electrons. The minimum Gasteiger partial charge on any atom is -0.495 e. The Balaban J connectivity index is 1.82. The Bertz CT molecular complexity index is 838. The number of nitrogens with zero attached hydrogens (tertiary/aromatic N) is 2. The highest BCUT2D eigenvalue weighted by Gasteiger charge is 2.19. The van der Waals surface area contributed by atoms with Crippen LogP contribution in [0, 0.1) is 6.92 Å². The lowest BCUT2D eigenvalue weighted by Crippen LogP contribution is -2.20. The van der Waals surface area contributed by atoms with Gasteiger partial charge in [-0.25, -0.2) is 9.97 Å². The Morgan fingerprint density at radius 3 is 2.48 bits per heavy atom. The fraction of sp³-hybridized carbons (Fsp3) is 0.421. The molecule has 7 nitrogen and oxygen atoms in total. The third kappa shape index (κ3) is 4.60. The van der Waals surface area contributed by atoms with Crippen molar-refractivity contribution in [3.8, 4) is 11.5 Å². The fourth-order valence-corrected chi connectivity index (χ4v) is 3.38. The molecule has 1 saturated carbocycles. The molecule has 0 saturated heterocycles. The number of hydrogen-bond donors (Lipinski definition) is 2. The van der Waals surface area contributed by atoms with Gasteiger partial charge in [-0.2, -0.15) is 0 Å². The SMILES string of the molecule is COc1cc(NC(=O)c2cc(C)nc(NC3CCCC3)n2)c(OC)cc1Cl. The van der Waals surface area contributed by atoms with E-state index in [4.69, 9.17) is 21.1 Å². The Labute approximate surface area is 163 Å². The number of carbonyl (C=O) groups is 1. The predicted octanol–water partition coefficient (Wildman–Crippen LogP) is 4.06. The molecule has 1 aromatic carbocycles. The van der Waals surface area contributed by atoms with Crippen molar-refractivity contribution in [3.63, 3.8) is 0 Å². The van der Waals surface area contributed by atoms with E-state index in [2.05, 4.69) is 20.6 Å². The van der Waals surface area contributed by atoms with Crippen molar-refractivity contribution in [2.75, 3.05) is 24.9 Å². The van der Waals surface area contributed by atoms with Gasteiger partial charge in [-0.1, -0.05) is 24.4 Å². The third-order valence-corrected chi connectivity index (χ3v) is 4.79. The van der Waals surface area contributed by atoms with E-state index in [1.807, 2.05) is 6.92 Å². The summed E-state index contributed by atoms with van der Waals surface area (Å²) in [4.78, 5) is 21.5. The molecule has 8 heteroatoms. The summed E-state index contributed by atoms with van der Waals surface area (Å²) in [7, 11) is 3.01. The van der Waals surface area contributed by atoms with E-state index in [0.29, 0.717) is 34.2 Å². The van der Waals surface area contributed by atoms with Crippen LogP contribution in [0.5, 0.6) is 11.5 Å². The number of ether oxygens (including phenoxy) is 2. The zero-order chi connectivity index (χ0) is 19.4. The van der Waals surface area contributed by atoms with Crippen LogP contribution in [-0.2, 0) is 0 Å². The van der Waals surface area contributed by atoms with Gasteiger partial charge in [0.2, 0.25) is 5.95 Å². The summed E-state index contributed by atoms with van der Waals surface area (Å²) in [5.74, 6) is 0.991. The highest BCUT2D eigenvalue weighted by molar-refractivity contribution is 6.32. The number of anilines is 2. The lowest BCUT2D eigenvalue weighted by molar-refractivity contribution is 0.102. The van der Waals surface area contributed by atoms with Crippen molar-refractivity contribution >= 4 is 29.1 Å². The average Bonchev–Trinajstić information content (AvgIpc) is 3.15. The van der Waals surface area contributed by atoms with E-state index >= 15 is 0 Å². The van der Waals surface area contributed by atoms with E-state index in [0.717, 1.165) is 18.5 Å². The van der Waals surface area contributed by atoms with Gasteiger partial charge in [0.15, 0.2) is 0 Å². The van der Waals surface area contributed by atoms with E-state index < -0.39 is 0 Å². The summed E-state index contributed by atoms with van der Waals surface area (Å²) in [5, 5.41) is 6.53. The Morgan fingerprint density at radius 1 is 1.11 bits per heavy atom. The summed E-state index contributed by atoms with van der Waals surface area (Å²) in [6.07, 6.45) is 4.60. The number of nitrogens with one attached hydrogen (secondary N) is 2. The number of carbonyl (C=O) groups excluding carboxylic acids is 1. The first-order valence-electron chi connectivity index (χ1n) is 8.85. The number of benzene rings is 1. The first kappa shape index (κ1) is 19.2. The molecule has 1 aliphatic rings. The summed E-state index contributed by atoms with van der Waals surface area (Å²) in [5.41, 5.74) is 1.44. The first-order valence-corrected chi connectivity index (χ1v) is 9.23. The number of aryl methyl sites for hydroxylation is 1. The molecule has 144 valence electrons. The molecule has 2 N–H and O–H groups in total. The van der Waals surface area contributed by atoms with Crippen LogP contribution in [0.4, 0.5) is 11.6 Å². The van der Waals surface area contributed by atoms with Gasteiger partial charge < -0.3 is 20.1 Å². The summed E-state index contributed by atoms with van der Waals surface area (Å²) < 4.78 is 10.5. The van der Waals surface area contributed by atoms with Crippen LogP contribution < -0.4 is 20.1 Å². The van der Waals surface area contributed by atoms with Crippen LogP contribution in [0.1, 0.15) is 41.9 Å². The molecular weight excluding hydrogens is 368 g/mol. The monoisotopic (exact) mass is 390 g/mol. The van der Waals surface area contributed by atoms with Crippen LogP contribution >= 0.6 is 11.6 Å². The standard InChI is InChI=1S/C19H23ClN4O3/c1-11-8-15(24-19(21-11)22-12-6-4-5-7-12)18(25)23-14-10-16(26-2)13(20)9-17(14)27-3/h8-10,12H,4-7H2,1-3H3,(H,23,25)(H,21,22,24). The molecule has 1 amide bonds. The summed E-state index contributed by atoms with van der Waals surface area (Å²) in [6.45, 7) is 1.84. The van der Waals surface area contributed by atoms with Crippen molar-refractivity contribution in [3.05, 3.63) is 34.6 Å². The number of hydrogen-bond acceptors (Lipinski definition) is 6. The Hall–Kier alpha value is -2.54. The topological polar surface area (TPSA) is 85.4 Å². The zero-order valence-electron chi connectivity index (χ0n) is 15.6. The third-order valence-electron chi connectivity index (χ3n) is 4.50. The molecule has 27 heavy (non-hydrogen) atoms. The van der Waals surface area contributed by atoms with E-state index in [1.54, 1.807) is 18.2 Å². The van der Waals surface area contributed by atoms with Crippen LogP contribution in [0.15, 0.2) is 18.2 Å². The van der Waals surface area contributed by atoms with Crippen LogP contribution in [0.2, 0.25) is 5.02 Å². The van der Waals surface area contributed by atoms with Crippen LogP contribution in [0.25, 0.3) is 0 Å². The minimum atomic E-state index is -0.363. The molecule has 0 unspecified atom stereocenters. The highest BCUT2D eigenvalue weighted by atomic mass is 35.5. The second kappa shape index (κ2) is 8.43. The Kier molecular flexibility index (Phi) is 6.01. The molecule has 1 fully saturated rings. The average molecular weight is 391 g/mol. The normalized spacial score (nSPS) is 14.1. The molecule has 0 aliphatic heterocycles. The maximum atomic E-state index is 12.7. The van der Waals surface area contributed by atoms with Gasteiger partial charge in [0, 0.05) is 23.9 Å². The number of amides is 1. The zero-order valence-corrected chi connectivity index (χ0v) is 16.4. The van der Waals surface area contributed by atoms with Gasteiger partial charge in [-0.3, -0.25) is 4.79 Å². The second-order valence-electron chi connectivity index (χ2n) is 6.49. The maximum Gasteiger partial charge on any atom is 0.274 e. The maximum absolute atomic E-state index is 12.7. The molecule has 3 rings (SSSR count). The quantitative estimate of drug-likeness (QED) is 0.773. The van der Waals surface area contributed by atoms with Crippen molar-refractivity contribution in [1.82, 2.24) is 9.97 Å². The van der Waals surface area contributed by atoms with Crippen molar-refractivity contribution < 1.29 is 14.3 Å². The number of rotatable bonds is 6. The summed E-state index contributed by atoms with van der Waals surface area (Å²) in [6, 6.07) is 5.22. The smallest absolute Gasteiger partial charge is 0.274 e. The largest absolute Gasteiger partial charge is 0.495 e. The number of aromatic nitrogens is 2. The van der Waals surface area contributed by atoms with Gasteiger partial charge in [0.1, 0.15) is 17.2 Å². The van der Waals surface area contributed by atoms with E-state index in [1.165, 1.54) is 27.1 Å². The van der Waals surface area contributed by atoms with Crippen molar-refractivity contribution in [2.45, 2.75) is 38.6 Å². The number of methoxy groups -OCH3 is 2. The molecule has 0 atom stereocenters. The first-order chi connectivity index (χ1) is 13.0. The van der Waals surface area contributed by atoms with E-state index in [-0.39, 0.29) is 11.6 Å². The predicted molar refractivity (Wildman–Crippen MR) is 105 cm³/mol. The molecule has 1 aliphatic carbocycles. The molecule has 1 aromatic heterocycles. The van der Waals surface area contributed by atoms with E-state index in [9.17, 15) is 4.79 Å². The van der Waals surface area contributed by atoms with Gasteiger partial charge in [-0.15, -0.1) is 0 Å². The molecule has 0 spiro atoms. The summed E-state index contributed by atoms with van der Waals surface area (Å²) >= 11 is 6.11. The molecule has 1 heterocycles. The molecular formula is C19H23ClN4O3. The van der Waals surface area contributed by atoms with Gasteiger partial charge in [0.25, 0.3) is 5.91 Å². The molecule has 0 bridgehead atoms. The second-order valence-corrected chi connectivity index (χ2v) is 6.89.